The molecule has 0 aromatic carbocycles. The van der Waals surface area contributed by atoms with Gasteiger partial charge in [-0.3, -0.25) is 14.3 Å². The van der Waals surface area contributed by atoms with E-state index in [0.717, 1.165) is 10.8 Å². The lowest BCUT2D eigenvalue weighted by molar-refractivity contribution is -0.0313. The van der Waals surface area contributed by atoms with Gasteiger partial charge in [-0.15, -0.1) is 0 Å². The van der Waals surface area contributed by atoms with Crippen LogP contribution in [0.3, 0.4) is 0 Å². The van der Waals surface area contributed by atoms with E-state index < -0.39 is 29.4 Å². The minimum atomic E-state index is -1.06. The molecule has 106 valence electrons. The van der Waals surface area contributed by atoms with E-state index in [2.05, 4.69) is 0 Å². The van der Waals surface area contributed by atoms with Crippen LogP contribution in [0.1, 0.15) is 32.9 Å². The zero-order chi connectivity index (χ0) is 14.2. The number of nitrogens with one attached hydrogen (secondary N) is 1. The fourth-order valence-corrected chi connectivity index (χ4v) is 2.27. The van der Waals surface area contributed by atoms with Crippen molar-refractivity contribution in [2.75, 3.05) is 6.61 Å². The first-order chi connectivity index (χ1) is 8.78. The van der Waals surface area contributed by atoms with E-state index in [1.807, 2.05) is 18.8 Å². The second kappa shape index (κ2) is 4.90. The van der Waals surface area contributed by atoms with E-state index in [4.69, 9.17) is 4.74 Å². The van der Waals surface area contributed by atoms with Crippen molar-refractivity contribution in [3.8, 4) is 0 Å². The van der Waals surface area contributed by atoms with Crippen molar-refractivity contribution in [3.63, 3.8) is 0 Å². The van der Waals surface area contributed by atoms with Gasteiger partial charge in [0.25, 0.3) is 5.56 Å². The summed E-state index contributed by atoms with van der Waals surface area (Å²) in [5.41, 5.74) is -2.03. The molecule has 6 nitrogen and oxygen atoms in total. The van der Waals surface area contributed by atoms with Crippen LogP contribution >= 0.6 is 0 Å². The lowest BCUT2D eigenvalue weighted by Gasteiger charge is -2.23. The number of hydrogen-bond donors (Lipinski definition) is 2. The SMILES string of the molecule is CC1(C)CO[C@@H](n2cc(F)c(=O)[nH]c2=O)C[C@@H](O)C1. The Hall–Kier alpha value is -1.47. The maximum absolute atomic E-state index is 13.2. The van der Waals surface area contributed by atoms with Gasteiger partial charge in [0.1, 0.15) is 6.23 Å². The number of nitrogens with zero attached hydrogens (tertiary/aromatic N) is 1. The monoisotopic (exact) mass is 272 g/mol. The van der Waals surface area contributed by atoms with Crippen LogP contribution in [0.4, 0.5) is 4.39 Å². The smallest absolute Gasteiger partial charge is 0.330 e. The largest absolute Gasteiger partial charge is 0.393 e. The molecule has 2 N–H and O–H groups in total. The fourth-order valence-electron chi connectivity index (χ4n) is 2.27. The van der Waals surface area contributed by atoms with Crippen molar-refractivity contribution < 1.29 is 14.2 Å². The molecule has 19 heavy (non-hydrogen) atoms. The molecule has 0 saturated carbocycles. The summed E-state index contributed by atoms with van der Waals surface area (Å²) in [6, 6.07) is 0. The summed E-state index contributed by atoms with van der Waals surface area (Å²) in [6.07, 6.45) is 0.0930. The molecular weight excluding hydrogens is 255 g/mol. The van der Waals surface area contributed by atoms with Crippen molar-refractivity contribution in [2.45, 2.75) is 39.0 Å². The van der Waals surface area contributed by atoms with Gasteiger partial charge in [0.15, 0.2) is 0 Å². The van der Waals surface area contributed by atoms with Crippen LogP contribution in [-0.2, 0) is 4.74 Å². The van der Waals surface area contributed by atoms with Gasteiger partial charge in [0, 0.05) is 6.42 Å². The molecule has 1 aromatic rings. The van der Waals surface area contributed by atoms with E-state index in [9.17, 15) is 19.1 Å². The molecule has 7 heteroatoms. The fraction of sp³-hybridized carbons (Fsp3) is 0.667. The van der Waals surface area contributed by atoms with Gasteiger partial charge in [-0.05, 0) is 11.8 Å². The van der Waals surface area contributed by atoms with Crippen molar-refractivity contribution in [1.82, 2.24) is 9.55 Å². The van der Waals surface area contributed by atoms with Crippen molar-refractivity contribution in [1.29, 1.82) is 0 Å². The highest BCUT2D eigenvalue weighted by molar-refractivity contribution is 4.89. The number of rotatable bonds is 1. The van der Waals surface area contributed by atoms with E-state index in [-0.39, 0.29) is 11.8 Å². The summed E-state index contributed by atoms with van der Waals surface area (Å²) in [5.74, 6) is -1.05. The highest BCUT2D eigenvalue weighted by Crippen LogP contribution is 2.32. The van der Waals surface area contributed by atoms with Gasteiger partial charge < -0.3 is 9.84 Å². The molecule has 0 spiro atoms. The maximum Gasteiger partial charge on any atom is 0.330 e. The number of aromatic nitrogens is 2. The van der Waals surface area contributed by atoms with Crippen molar-refractivity contribution in [3.05, 3.63) is 32.9 Å². The second-order valence-corrected chi connectivity index (χ2v) is 5.67. The summed E-state index contributed by atoms with van der Waals surface area (Å²) in [6.45, 7) is 4.21. The first-order valence-corrected chi connectivity index (χ1v) is 6.09. The van der Waals surface area contributed by atoms with E-state index in [0.29, 0.717) is 13.0 Å². The molecule has 1 aliphatic heterocycles. The van der Waals surface area contributed by atoms with Crippen LogP contribution in [0, 0.1) is 11.2 Å². The van der Waals surface area contributed by atoms with Crippen LogP contribution in [0.15, 0.2) is 15.8 Å². The van der Waals surface area contributed by atoms with Gasteiger partial charge in [-0.1, -0.05) is 13.8 Å². The number of ether oxygens (including phenoxy) is 1. The van der Waals surface area contributed by atoms with Crippen LogP contribution in [0.5, 0.6) is 0 Å². The predicted molar refractivity (Wildman–Crippen MR) is 65.3 cm³/mol. The first-order valence-electron chi connectivity index (χ1n) is 6.09. The number of aliphatic hydroxyl groups excluding tert-OH is 1. The van der Waals surface area contributed by atoms with E-state index in [1.54, 1.807) is 0 Å². The number of H-pyrrole nitrogens is 1. The second-order valence-electron chi connectivity index (χ2n) is 5.67. The molecule has 0 aliphatic carbocycles. The summed E-state index contributed by atoms with van der Waals surface area (Å²) in [5, 5.41) is 9.91. The molecule has 1 fully saturated rings. The van der Waals surface area contributed by atoms with Gasteiger partial charge in [-0.2, -0.15) is 4.39 Å². The molecular formula is C12H17FN2O4. The Balaban J connectivity index is 2.34. The van der Waals surface area contributed by atoms with Crippen LogP contribution in [0.2, 0.25) is 0 Å². The standard InChI is InChI=1S/C12H17FN2O4/c1-12(2)4-7(16)3-9(19-6-12)15-5-8(13)10(17)14-11(15)18/h5,7,9,16H,3-4,6H2,1-2H3,(H,14,17,18)/t7-,9-/m1/s1. The van der Waals surface area contributed by atoms with Crippen LogP contribution < -0.4 is 11.2 Å². The quantitative estimate of drug-likeness (QED) is 0.773. The summed E-state index contributed by atoms with van der Waals surface area (Å²) in [4.78, 5) is 24.5. The molecule has 0 amide bonds. The zero-order valence-electron chi connectivity index (χ0n) is 10.9. The summed E-state index contributed by atoms with van der Waals surface area (Å²) in [7, 11) is 0. The topological polar surface area (TPSA) is 84.3 Å². The highest BCUT2D eigenvalue weighted by Gasteiger charge is 2.31. The third kappa shape index (κ3) is 3.10. The highest BCUT2D eigenvalue weighted by atomic mass is 19.1. The van der Waals surface area contributed by atoms with Crippen LogP contribution in [-0.4, -0.2) is 27.4 Å². The Morgan fingerprint density at radius 1 is 1.53 bits per heavy atom. The third-order valence-electron chi connectivity index (χ3n) is 3.16. The Kier molecular flexibility index (Phi) is 3.60. The lowest BCUT2D eigenvalue weighted by Crippen LogP contribution is -2.35. The Labute approximate surface area is 108 Å². The third-order valence-corrected chi connectivity index (χ3v) is 3.16. The Bertz CT molecular complexity index is 578. The van der Waals surface area contributed by atoms with Gasteiger partial charge in [0.2, 0.25) is 5.82 Å². The molecule has 1 aliphatic rings. The number of aliphatic hydroxyl groups is 1. The summed E-state index contributed by atoms with van der Waals surface area (Å²) >= 11 is 0. The zero-order valence-corrected chi connectivity index (χ0v) is 10.9. The van der Waals surface area contributed by atoms with E-state index >= 15 is 0 Å². The number of aromatic amines is 1. The van der Waals surface area contributed by atoms with Gasteiger partial charge in [0.05, 0.1) is 18.9 Å². The van der Waals surface area contributed by atoms with Crippen molar-refractivity contribution in [2.24, 2.45) is 5.41 Å². The normalized spacial score (nSPS) is 26.9. The average Bonchev–Trinajstić information content (AvgIpc) is 2.41. The van der Waals surface area contributed by atoms with Gasteiger partial charge >= 0.3 is 5.69 Å². The first kappa shape index (κ1) is 14.0. The van der Waals surface area contributed by atoms with E-state index in [1.165, 1.54) is 0 Å². The maximum atomic E-state index is 13.2. The molecule has 1 aromatic heterocycles. The predicted octanol–water partition coefficient (Wildman–Crippen LogP) is 0.372. The molecule has 1 saturated heterocycles. The Morgan fingerprint density at radius 3 is 2.89 bits per heavy atom. The average molecular weight is 272 g/mol. The van der Waals surface area contributed by atoms with Gasteiger partial charge in [-0.25, -0.2) is 4.79 Å². The number of hydrogen-bond acceptors (Lipinski definition) is 4. The molecule has 2 heterocycles. The molecule has 0 unspecified atom stereocenters. The number of halogens is 1. The minimum absolute atomic E-state index is 0.175. The minimum Gasteiger partial charge on any atom is -0.393 e. The lowest BCUT2D eigenvalue weighted by atomic mass is 9.87. The summed E-state index contributed by atoms with van der Waals surface area (Å²) < 4.78 is 19.8. The molecule has 2 rings (SSSR count). The molecule has 0 radical (unpaired) electrons. The Morgan fingerprint density at radius 2 is 2.21 bits per heavy atom. The van der Waals surface area contributed by atoms with Crippen LogP contribution in [0.25, 0.3) is 0 Å². The molecule has 2 atom stereocenters. The molecule has 0 bridgehead atoms. The van der Waals surface area contributed by atoms with Crippen molar-refractivity contribution >= 4 is 0 Å².